The van der Waals surface area contributed by atoms with E-state index in [9.17, 15) is 13.2 Å². The third-order valence-corrected chi connectivity index (χ3v) is 6.68. The van der Waals surface area contributed by atoms with E-state index in [1.165, 1.54) is 0 Å². The summed E-state index contributed by atoms with van der Waals surface area (Å²) in [4.78, 5) is 18.0. The SMILES string of the molecule is CCNC(=NCCS(=O)(=O)C(C)(C)C)NC1CCN(C(=O)CC)C1. The number of hydrogen-bond donors (Lipinski definition) is 2. The van der Waals surface area contributed by atoms with Crippen LogP contribution < -0.4 is 10.6 Å². The number of rotatable bonds is 6. The van der Waals surface area contributed by atoms with Gasteiger partial charge in [0.05, 0.1) is 17.0 Å². The molecule has 2 N–H and O–H groups in total. The molecule has 0 radical (unpaired) electrons. The Labute approximate surface area is 146 Å². The molecule has 1 aliphatic heterocycles. The molecule has 1 amide bonds. The van der Waals surface area contributed by atoms with Crippen LogP contribution in [0.5, 0.6) is 0 Å². The van der Waals surface area contributed by atoms with Gasteiger partial charge in [-0.15, -0.1) is 0 Å². The van der Waals surface area contributed by atoms with E-state index in [-0.39, 0.29) is 24.2 Å². The first kappa shape index (κ1) is 20.7. The van der Waals surface area contributed by atoms with Crippen LogP contribution in [0.15, 0.2) is 4.99 Å². The van der Waals surface area contributed by atoms with Crippen molar-refractivity contribution in [2.75, 3.05) is 31.9 Å². The summed E-state index contributed by atoms with van der Waals surface area (Å²) in [6.07, 6.45) is 1.39. The second kappa shape index (κ2) is 8.69. The molecule has 140 valence electrons. The van der Waals surface area contributed by atoms with Gasteiger partial charge in [-0.1, -0.05) is 6.92 Å². The van der Waals surface area contributed by atoms with Crippen LogP contribution in [0.25, 0.3) is 0 Å². The molecule has 0 aromatic carbocycles. The number of carbonyl (C=O) groups is 1. The number of nitrogens with zero attached hydrogens (tertiary/aromatic N) is 2. The van der Waals surface area contributed by atoms with Gasteiger partial charge < -0.3 is 15.5 Å². The van der Waals surface area contributed by atoms with Gasteiger partial charge in [0.25, 0.3) is 0 Å². The Balaban J connectivity index is 2.60. The van der Waals surface area contributed by atoms with E-state index >= 15 is 0 Å². The summed E-state index contributed by atoms with van der Waals surface area (Å²) in [6.45, 7) is 11.3. The first-order chi connectivity index (χ1) is 11.1. The fraction of sp³-hybridized carbons (Fsp3) is 0.875. The van der Waals surface area contributed by atoms with Crippen molar-refractivity contribution in [3.05, 3.63) is 0 Å². The fourth-order valence-electron chi connectivity index (χ4n) is 2.43. The van der Waals surface area contributed by atoms with Crippen molar-refractivity contribution in [3.8, 4) is 0 Å². The van der Waals surface area contributed by atoms with Crippen molar-refractivity contribution in [1.29, 1.82) is 0 Å². The normalized spacial score (nSPS) is 19.5. The van der Waals surface area contributed by atoms with Crippen molar-refractivity contribution < 1.29 is 13.2 Å². The van der Waals surface area contributed by atoms with Crippen LogP contribution in [-0.2, 0) is 14.6 Å². The maximum absolute atomic E-state index is 12.1. The number of aliphatic imine (C=N–C) groups is 1. The summed E-state index contributed by atoms with van der Waals surface area (Å²) < 4.78 is 23.5. The number of hydrogen-bond acceptors (Lipinski definition) is 4. The van der Waals surface area contributed by atoms with E-state index in [0.29, 0.717) is 25.5 Å². The maximum Gasteiger partial charge on any atom is 0.222 e. The Morgan fingerprint density at radius 2 is 1.96 bits per heavy atom. The maximum atomic E-state index is 12.1. The molecule has 1 aliphatic rings. The molecule has 0 bridgehead atoms. The highest BCUT2D eigenvalue weighted by Crippen LogP contribution is 2.15. The van der Waals surface area contributed by atoms with Crippen LogP contribution in [0, 0.1) is 0 Å². The van der Waals surface area contributed by atoms with E-state index in [0.717, 1.165) is 13.0 Å². The fourth-order valence-corrected chi connectivity index (χ4v) is 3.37. The number of likely N-dealkylation sites (tertiary alicyclic amines) is 1. The van der Waals surface area contributed by atoms with Gasteiger partial charge in [-0.25, -0.2) is 8.42 Å². The molecule has 8 heteroatoms. The lowest BCUT2D eigenvalue weighted by atomic mass is 10.3. The Bertz CT molecular complexity index is 552. The molecule has 1 rings (SSSR count). The number of amides is 1. The smallest absolute Gasteiger partial charge is 0.222 e. The van der Waals surface area contributed by atoms with E-state index in [4.69, 9.17) is 0 Å². The van der Waals surface area contributed by atoms with Crippen LogP contribution in [-0.4, -0.2) is 67.9 Å². The van der Waals surface area contributed by atoms with Gasteiger partial charge in [0.1, 0.15) is 0 Å². The van der Waals surface area contributed by atoms with Gasteiger partial charge in [0.2, 0.25) is 5.91 Å². The standard InChI is InChI=1S/C16H32N4O3S/c1-6-14(21)20-10-8-13(12-20)19-15(17-7-2)18-9-11-24(22,23)16(3,4)5/h13H,6-12H2,1-5H3,(H2,17,18,19). The van der Waals surface area contributed by atoms with Crippen LogP contribution >= 0.6 is 0 Å². The summed E-state index contributed by atoms with van der Waals surface area (Å²) in [6, 6.07) is 0.150. The van der Waals surface area contributed by atoms with Gasteiger partial charge in [0, 0.05) is 32.1 Å². The first-order valence-electron chi connectivity index (χ1n) is 8.65. The molecule has 24 heavy (non-hydrogen) atoms. The average Bonchev–Trinajstić information content (AvgIpc) is 2.93. The highest BCUT2D eigenvalue weighted by Gasteiger charge is 2.28. The highest BCUT2D eigenvalue weighted by molar-refractivity contribution is 7.92. The molecule has 0 spiro atoms. The molecule has 0 aliphatic carbocycles. The summed E-state index contributed by atoms with van der Waals surface area (Å²) in [5.41, 5.74) is 0. The summed E-state index contributed by atoms with van der Waals surface area (Å²) in [5, 5.41) is 6.43. The summed E-state index contributed by atoms with van der Waals surface area (Å²) in [5.74, 6) is 0.799. The lowest BCUT2D eigenvalue weighted by Crippen LogP contribution is -2.45. The van der Waals surface area contributed by atoms with Crippen molar-refractivity contribution in [3.63, 3.8) is 0 Å². The van der Waals surface area contributed by atoms with E-state index < -0.39 is 14.6 Å². The Kier molecular flexibility index (Phi) is 7.51. The largest absolute Gasteiger partial charge is 0.357 e. The minimum absolute atomic E-state index is 0.0260. The molecule has 1 unspecified atom stereocenters. The van der Waals surface area contributed by atoms with Gasteiger partial charge in [-0.3, -0.25) is 9.79 Å². The number of nitrogens with one attached hydrogen (secondary N) is 2. The summed E-state index contributed by atoms with van der Waals surface area (Å²) in [7, 11) is -3.17. The van der Waals surface area contributed by atoms with Gasteiger partial charge in [0.15, 0.2) is 15.8 Å². The zero-order valence-electron chi connectivity index (χ0n) is 15.6. The predicted octanol–water partition coefficient (Wildman–Crippen LogP) is 0.766. The topological polar surface area (TPSA) is 90.9 Å². The quantitative estimate of drug-likeness (QED) is 0.539. The second-order valence-corrected chi connectivity index (χ2v) is 9.88. The molecule has 0 aromatic rings. The van der Waals surface area contributed by atoms with Crippen LogP contribution in [0.4, 0.5) is 0 Å². The van der Waals surface area contributed by atoms with Crippen LogP contribution in [0.3, 0.4) is 0 Å². The van der Waals surface area contributed by atoms with E-state index in [2.05, 4.69) is 15.6 Å². The van der Waals surface area contributed by atoms with Crippen molar-refractivity contribution >= 4 is 21.7 Å². The van der Waals surface area contributed by atoms with E-state index in [1.807, 2.05) is 18.7 Å². The van der Waals surface area contributed by atoms with Crippen molar-refractivity contribution in [1.82, 2.24) is 15.5 Å². The highest BCUT2D eigenvalue weighted by atomic mass is 32.2. The van der Waals surface area contributed by atoms with Gasteiger partial charge in [-0.05, 0) is 34.1 Å². The zero-order chi connectivity index (χ0) is 18.4. The first-order valence-corrected chi connectivity index (χ1v) is 10.3. The number of sulfone groups is 1. The lowest BCUT2D eigenvalue weighted by molar-refractivity contribution is -0.129. The monoisotopic (exact) mass is 360 g/mol. The molecule has 0 aromatic heterocycles. The van der Waals surface area contributed by atoms with Crippen LogP contribution in [0.1, 0.15) is 47.5 Å². The Morgan fingerprint density at radius 3 is 2.50 bits per heavy atom. The molecule has 1 fully saturated rings. The van der Waals surface area contributed by atoms with Crippen molar-refractivity contribution in [2.24, 2.45) is 4.99 Å². The van der Waals surface area contributed by atoms with Crippen molar-refractivity contribution in [2.45, 2.75) is 58.2 Å². The minimum atomic E-state index is -3.17. The third-order valence-electron chi connectivity index (χ3n) is 4.09. The number of carbonyl (C=O) groups excluding carboxylic acids is 1. The predicted molar refractivity (Wildman–Crippen MR) is 97.9 cm³/mol. The van der Waals surface area contributed by atoms with E-state index in [1.54, 1.807) is 20.8 Å². The Hall–Kier alpha value is -1.31. The molecular formula is C16H32N4O3S. The number of guanidine groups is 1. The summed E-state index contributed by atoms with van der Waals surface area (Å²) >= 11 is 0. The average molecular weight is 361 g/mol. The molecular weight excluding hydrogens is 328 g/mol. The second-order valence-electron chi connectivity index (χ2n) is 7.02. The molecule has 0 saturated carbocycles. The zero-order valence-corrected chi connectivity index (χ0v) is 16.4. The minimum Gasteiger partial charge on any atom is -0.357 e. The van der Waals surface area contributed by atoms with Gasteiger partial charge >= 0.3 is 0 Å². The lowest BCUT2D eigenvalue weighted by Gasteiger charge is -2.20. The molecule has 1 atom stereocenters. The third kappa shape index (κ3) is 5.96. The van der Waals surface area contributed by atoms with Crippen LogP contribution in [0.2, 0.25) is 0 Å². The Morgan fingerprint density at radius 1 is 1.29 bits per heavy atom. The van der Waals surface area contributed by atoms with Gasteiger partial charge in [-0.2, -0.15) is 0 Å². The molecule has 7 nitrogen and oxygen atoms in total. The molecule has 1 heterocycles. The molecule has 1 saturated heterocycles.